The van der Waals surface area contributed by atoms with Crippen LogP contribution in [0.4, 0.5) is 0 Å². The third-order valence-electron chi connectivity index (χ3n) is 2.02. The molecule has 2 aromatic rings. The van der Waals surface area contributed by atoms with Gasteiger partial charge in [-0.3, -0.25) is 0 Å². The summed E-state index contributed by atoms with van der Waals surface area (Å²) in [4.78, 5) is 4.10. The fourth-order valence-electron chi connectivity index (χ4n) is 1.15. The van der Waals surface area contributed by atoms with Crippen molar-refractivity contribution in [2.75, 3.05) is 0 Å². The standard InChI is InChI=1S/C8H7N3OS/c1-2-5(1)7-10-11-8(12-7)6-3-13-4-9-6/h3-5H,1-2H2. The molecular formula is C8H7N3OS. The largest absolute Gasteiger partial charge is 0.419 e. The van der Waals surface area contributed by atoms with E-state index in [-0.39, 0.29) is 0 Å². The summed E-state index contributed by atoms with van der Waals surface area (Å²) < 4.78 is 5.47. The molecule has 1 aliphatic carbocycles. The van der Waals surface area contributed by atoms with Crippen molar-refractivity contribution < 1.29 is 4.42 Å². The molecule has 0 spiro atoms. The van der Waals surface area contributed by atoms with Crippen LogP contribution in [0.2, 0.25) is 0 Å². The number of hydrogen-bond donors (Lipinski definition) is 0. The van der Waals surface area contributed by atoms with Gasteiger partial charge < -0.3 is 4.42 Å². The summed E-state index contributed by atoms with van der Waals surface area (Å²) in [6, 6.07) is 0. The van der Waals surface area contributed by atoms with Crippen LogP contribution in [0.25, 0.3) is 11.6 Å². The molecule has 3 rings (SSSR count). The van der Waals surface area contributed by atoms with Gasteiger partial charge in [0.15, 0.2) is 0 Å². The predicted molar refractivity (Wildman–Crippen MR) is 47.4 cm³/mol. The molecule has 2 aromatic heterocycles. The molecule has 0 bridgehead atoms. The molecule has 0 aromatic carbocycles. The van der Waals surface area contributed by atoms with Crippen LogP contribution < -0.4 is 0 Å². The smallest absolute Gasteiger partial charge is 0.267 e. The van der Waals surface area contributed by atoms with E-state index in [1.165, 1.54) is 24.2 Å². The zero-order valence-corrected chi connectivity index (χ0v) is 7.62. The van der Waals surface area contributed by atoms with Gasteiger partial charge in [-0.2, -0.15) is 0 Å². The first-order chi connectivity index (χ1) is 6.43. The lowest BCUT2D eigenvalue weighted by atomic mass is 10.4. The highest BCUT2D eigenvalue weighted by Gasteiger charge is 2.29. The van der Waals surface area contributed by atoms with Crippen molar-refractivity contribution in [2.45, 2.75) is 18.8 Å². The Morgan fingerprint density at radius 1 is 1.38 bits per heavy atom. The Morgan fingerprint density at radius 2 is 2.31 bits per heavy atom. The molecule has 0 aliphatic heterocycles. The number of thiazole rings is 1. The summed E-state index contributed by atoms with van der Waals surface area (Å²) >= 11 is 1.53. The van der Waals surface area contributed by atoms with Crippen molar-refractivity contribution in [3.63, 3.8) is 0 Å². The van der Waals surface area contributed by atoms with Crippen molar-refractivity contribution in [1.29, 1.82) is 0 Å². The van der Waals surface area contributed by atoms with Gasteiger partial charge in [0.25, 0.3) is 5.89 Å². The summed E-state index contributed by atoms with van der Waals surface area (Å²) in [6.07, 6.45) is 2.36. The van der Waals surface area contributed by atoms with Gasteiger partial charge in [0.2, 0.25) is 5.89 Å². The van der Waals surface area contributed by atoms with Gasteiger partial charge >= 0.3 is 0 Å². The average Bonchev–Trinajstić information content (AvgIpc) is 2.72. The summed E-state index contributed by atoms with van der Waals surface area (Å²) in [5.74, 6) is 1.83. The van der Waals surface area contributed by atoms with E-state index in [2.05, 4.69) is 15.2 Å². The van der Waals surface area contributed by atoms with Gasteiger partial charge in [-0.25, -0.2) is 4.98 Å². The first-order valence-corrected chi connectivity index (χ1v) is 5.10. The molecule has 1 fully saturated rings. The summed E-state index contributed by atoms with van der Waals surface area (Å²) in [5, 5.41) is 9.84. The fourth-order valence-corrected chi connectivity index (χ4v) is 1.68. The fraction of sp³-hybridized carbons (Fsp3) is 0.375. The maximum Gasteiger partial charge on any atom is 0.267 e. The molecule has 2 heterocycles. The minimum absolute atomic E-state index is 0.514. The minimum Gasteiger partial charge on any atom is -0.419 e. The molecule has 1 saturated carbocycles. The molecule has 0 N–H and O–H groups in total. The van der Waals surface area contributed by atoms with Crippen LogP contribution >= 0.6 is 11.3 Å². The minimum atomic E-state index is 0.514. The van der Waals surface area contributed by atoms with Crippen LogP contribution in [-0.4, -0.2) is 15.2 Å². The predicted octanol–water partition coefficient (Wildman–Crippen LogP) is 2.07. The quantitative estimate of drug-likeness (QED) is 0.732. The summed E-state index contributed by atoms with van der Waals surface area (Å²) in [7, 11) is 0. The SMILES string of the molecule is c1nc(-c2nnc(C3CC3)o2)cs1. The third-order valence-corrected chi connectivity index (χ3v) is 2.61. The third kappa shape index (κ3) is 1.25. The molecule has 13 heavy (non-hydrogen) atoms. The van der Waals surface area contributed by atoms with Crippen LogP contribution in [0.5, 0.6) is 0 Å². The van der Waals surface area contributed by atoms with Crippen molar-refractivity contribution in [3.8, 4) is 11.6 Å². The molecule has 0 atom stereocenters. The second kappa shape index (κ2) is 2.63. The zero-order chi connectivity index (χ0) is 8.67. The van der Waals surface area contributed by atoms with E-state index >= 15 is 0 Å². The number of nitrogens with zero attached hydrogens (tertiary/aromatic N) is 3. The van der Waals surface area contributed by atoms with E-state index < -0.39 is 0 Å². The van der Waals surface area contributed by atoms with Crippen molar-refractivity contribution in [2.24, 2.45) is 0 Å². The highest BCUT2D eigenvalue weighted by atomic mass is 32.1. The molecule has 1 aliphatic rings. The molecule has 0 radical (unpaired) electrons. The number of aromatic nitrogens is 3. The number of rotatable bonds is 2. The van der Waals surface area contributed by atoms with Gasteiger partial charge in [0.05, 0.1) is 5.51 Å². The van der Waals surface area contributed by atoms with Crippen LogP contribution in [-0.2, 0) is 0 Å². The first kappa shape index (κ1) is 7.20. The second-order valence-corrected chi connectivity index (χ2v) is 3.81. The van der Waals surface area contributed by atoms with Crippen molar-refractivity contribution in [3.05, 3.63) is 16.8 Å². The Labute approximate surface area is 78.6 Å². The molecule has 5 heteroatoms. The molecule has 4 nitrogen and oxygen atoms in total. The molecular weight excluding hydrogens is 186 g/mol. The van der Waals surface area contributed by atoms with Gasteiger partial charge in [0.1, 0.15) is 5.69 Å². The second-order valence-electron chi connectivity index (χ2n) is 3.09. The highest BCUT2D eigenvalue weighted by molar-refractivity contribution is 7.07. The Hall–Kier alpha value is -1.23. The normalized spacial score (nSPS) is 16.3. The van der Waals surface area contributed by atoms with Gasteiger partial charge in [0, 0.05) is 11.3 Å². The van der Waals surface area contributed by atoms with Gasteiger partial charge in [-0.15, -0.1) is 21.5 Å². The maximum atomic E-state index is 5.47. The molecule has 0 unspecified atom stereocenters. The molecule has 66 valence electrons. The first-order valence-electron chi connectivity index (χ1n) is 4.15. The molecule has 0 saturated heterocycles. The van der Waals surface area contributed by atoms with Crippen LogP contribution in [0, 0.1) is 0 Å². The van der Waals surface area contributed by atoms with Crippen LogP contribution in [0.15, 0.2) is 15.3 Å². The van der Waals surface area contributed by atoms with E-state index in [1.54, 1.807) is 5.51 Å². The van der Waals surface area contributed by atoms with Crippen molar-refractivity contribution >= 4 is 11.3 Å². The summed E-state index contributed by atoms with van der Waals surface area (Å²) in [6.45, 7) is 0. The van der Waals surface area contributed by atoms with Gasteiger partial charge in [-0.05, 0) is 12.8 Å². The Morgan fingerprint density at radius 3 is 3.00 bits per heavy atom. The van der Waals surface area contributed by atoms with E-state index in [9.17, 15) is 0 Å². The summed E-state index contributed by atoms with van der Waals surface area (Å²) in [5.41, 5.74) is 2.54. The van der Waals surface area contributed by atoms with Crippen LogP contribution in [0.1, 0.15) is 24.7 Å². The lowest BCUT2D eigenvalue weighted by Crippen LogP contribution is -1.76. The van der Waals surface area contributed by atoms with E-state index in [0.717, 1.165) is 11.6 Å². The van der Waals surface area contributed by atoms with E-state index in [4.69, 9.17) is 4.42 Å². The number of hydrogen-bond acceptors (Lipinski definition) is 5. The average molecular weight is 193 g/mol. The Balaban J connectivity index is 1.97. The lowest BCUT2D eigenvalue weighted by molar-refractivity contribution is 0.507. The molecule has 0 amide bonds. The van der Waals surface area contributed by atoms with Crippen LogP contribution in [0.3, 0.4) is 0 Å². The Kier molecular flexibility index (Phi) is 1.46. The topological polar surface area (TPSA) is 51.8 Å². The Bertz CT molecular complexity index is 405. The highest BCUT2D eigenvalue weighted by Crippen LogP contribution is 2.39. The maximum absolute atomic E-state index is 5.47. The van der Waals surface area contributed by atoms with E-state index in [1.807, 2.05) is 5.38 Å². The lowest BCUT2D eigenvalue weighted by Gasteiger charge is -1.84. The zero-order valence-electron chi connectivity index (χ0n) is 6.80. The van der Waals surface area contributed by atoms with Crippen molar-refractivity contribution in [1.82, 2.24) is 15.2 Å². The van der Waals surface area contributed by atoms with Gasteiger partial charge in [-0.1, -0.05) is 0 Å². The van der Waals surface area contributed by atoms with E-state index in [0.29, 0.717) is 11.8 Å². The monoisotopic (exact) mass is 193 g/mol.